The number of hydrogen-bond acceptors (Lipinski definition) is 6. The second kappa shape index (κ2) is 15.5. The SMILES string of the molecule is CCOc1cc(/C=N\NC(=O)[C@H](CC(C)C)NC(=O)COc2ccccc2C)ccc1OCc1ccccc1Cl. The summed E-state index contributed by atoms with van der Waals surface area (Å²) in [7, 11) is 0. The Morgan fingerprint density at radius 3 is 2.42 bits per heavy atom. The lowest BCUT2D eigenvalue weighted by Crippen LogP contribution is -2.47. The predicted molar refractivity (Wildman–Crippen MR) is 157 cm³/mol. The molecule has 1 atom stereocenters. The zero-order valence-corrected chi connectivity index (χ0v) is 24.0. The van der Waals surface area contributed by atoms with Gasteiger partial charge in [-0.1, -0.05) is 61.8 Å². The van der Waals surface area contributed by atoms with Crippen molar-refractivity contribution in [3.8, 4) is 17.2 Å². The van der Waals surface area contributed by atoms with Crippen molar-refractivity contribution in [2.75, 3.05) is 13.2 Å². The van der Waals surface area contributed by atoms with Crippen LogP contribution in [0.15, 0.2) is 71.8 Å². The van der Waals surface area contributed by atoms with Crippen LogP contribution in [0.25, 0.3) is 0 Å². The molecule has 40 heavy (non-hydrogen) atoms. The minimum absolute atomic E-state index is 0.171. The van der Waals surface area contributed by atoms with Gasteiger partial charge in [0, 0.05) is 10.6 Å². The second-order valence-corrected chi connectivity index (χ2v) is 9.96. The number of nitrogens with zero attached hydrogens (tertiary/aromatic N) is 1. The molecule has 0 heterocycles. The van der Waals surface area contributed by atoms with Gasteiger partial charge in [-0.05, 0) is 67.6 Å². The highest BCUT2D eigenvalue weighted by Crippen LogP contribution is 2.29. The number of nitrogens with one attached hydrogen (secondary N) is 2. The Hall–Kier alpha value is -4.04. The molecule has 0 aromatic heterocycles. The molecule has 0 aliphatic heterocycles. The highest BCUT2D eigenvalue weighted by atomic mass is 35.5. The highest BCUT2D eigenvalue weighted by Gasteiger charge is 2.22. The van der Waals surface area contributed by atoms with Gasteiger partial charge in [-0.3, -0.25) is 9.59 Å². The third kappa shape index (κ3) is 9.61. The molecule has 0 aliphatic rings. The van der Waals surface area contributed by atoms with Crippen LogP contribution in [0.5, 0.6) is 17.2 Å². The zero-order valence-electron chi connectivity index (χ0n) is 23.3. The lowest BCUT2D eigenvalue weighted by atomic mass is 10.0. The Labute approximate surface area is 240 Å². The highest BCUT2D eigenvalue weighted by molar-refractivity contribution is 6.31. The Kier molecular flexibility index (Phi) is 11.8. The molecule has 9 heteroatoms. The predicted octanol–water partition coefficient (Wildman–Crippen LogP) is 5.69. The first-order valence-corrected chi connectivity index (χ1v) is 13.6. The van der Waals surface area contributed by atoms with Gasteiger partial charge in [0.25, 0.3) is 11.8 Å². The summed E-state index contributed by atoms with van der Waals surface area (Å²) < 4.78 is 17.3. The number of ether oxygens (including phenoxy) is 3. The zero-order chi connectivity index (χ0) is 28.9. The Morgan fingerprint density at radius 2 is 1.70 bits per heavy atom. The third-order valence-electron chi connectivity index (χ3n) is 5.81. The van der Waals surface area contributed by atoms with E-state index in [1.54, 1.807) is 24.3 Å². The van der Waals surface area contributed by atoms with E-state index in [1.165, 1.54) is 6.21 Å². The number of hydrazone groups is 1. The van der Waals surface area contributed by atoms with E-state index in [4.69, 9.17) is 25.8 Å². The fourth-order valence-electron chi connectivity index (χ4n) is 3.81. The summed E-state index contributed by atoms with van der Waals surface area (Å²) in [6.07, 6.45) is 1.96. The van der Waals surface area contributed by atoms with E-state index in [-0.39, 0.29) is 18.4 Å². The minimum Gasteiger partial charge on any atom is -0.490 e. The quantitative estimate of drug-likeness (QED) is 0.193. The van der Waals surface area contributed by atoms with Gasteiger partial charge in [-0.2, -0.15) is 5.10 Å². The van der Waals surface area contributed by atoms with Crippen molar-refractivity contribution >= 4 is 29.6 Å². The molecule has 2 N–H and O–H groups in total. The van der Waals surface area contributed by atoms with Gasteiger partial charge >= 0.3 is 0 Å². The van der Waals surface area contributed by atoms with Crippen molar-refractivity contribution < 1.29 is 23.8 Å². The smallest absolute Gasteiger partial charge is 0.262 e. The number of aryl methyl sites for hydroxylation is 1. The Balaban J connectivity index is 1.59. The fraction of sp³-hybridized carbons (Fsp3) is 0.323. The largest absolute Gasteiger partial charge is 0.490 e. The molecular formula is C31H36ClN3O5. The van der Waals surface area contributed by atoms with Crippen LogP contribution in [0.2, 0.25) is 5.02 Å². The van der Waals surface area contributed by atoms with E-state index in [1.807, 2.05) is 70.2 Å². The molecule has 3 aromatic carbocycles. The number of benzene rings is 3. The number of halogens is 1. The summed E-state index contributed by atoms with van der Waals surface area (Å²) in [6, 6.07) is 19.5. The lowest BCUT2D eigenvalue weighted by molar-refractivity contribution is -0.130. The van der Waals surface area contributed by atoms with Gasteiger partial charge in [-0.15, -0.1) is 0 Å². The number of hydrogen-bond donors (Lipinski definition) is 2. The molecule has 0 aliphatic carbocycles. The van der Waals surface area contributed by atoms with Crippen LogP contribution >= 0.6 is 11.6 Å². The van der Waals surface area contributed by atoms with Crippen LogP contribution in [0.1, 0.15) is 43.9 Å². The fourth-order valence-corrected chi connectivity index (χ4v) is 4.00. The van der Waals surface area contributed by atoms with Crippen LogP contribution < -0.4 is 25.0 Å². The van der Waals surface area contributed by atoms with Crippen LogP contribution in [0, 0.1) is 12.8 Å². The summed E-state index contributed by atoms with van der Waals surface area (Å²) >= 11 is 6.23. The molecule has 0 bridgehead atoms. The van der Waals surface area contributed by atoms with Crippen molar-refractivity contribution in [2.24, 2.45) is 11.0 Å². The monoisotopic (exact) mass is 565 g/mol. The van der Waals surface area contributed by atoms with E-state index in [0.717, 1.165) is 11.1 Å². The van der Waals surface area contributed by atoms with E-state index in [2.05, 4.69) is 15.8 Å². The van der Waals surface area contributed by atoms with E-state index >= 15 is 0 Å². The molecule has 0 spiro atoms. The third-order valence-corrected chi connectivity index (χ3v) is 6.18. The summed E-state index contributed by atoms with van der Waals surface area (Å²) in [5, 5.41) is 7.48. The first kappa shape index (κ1) is 30.5. The number of amides is 2. The Bertz CT molecular complexity index is 1310. The van der Waals surface area contributed by atoms with Crippen LogP contribution in [0.3, 0.4) is 0 Å². The minimum atomic E-state index is -0.760. The summed E-state index contributed by atoms with van der Waals surface area (Å²) in [5.41, 5.74) is 5.02. The van der Waals surface area contributed by atoms with E-state index in [0.29, 0.717) is 47.5 Å². The van der Waals surface area contributed by atoms with Gasteiger partial charge in [0.2, 0.25) is 0 Å². The topological polar surface area (TPSA) is 98.2 Å². The van der Waals surface area contributed by atoms with Gasteiger partial charge in [-0.25, -0.2) is 5.43 Å². The summed E-state index contributed by atoms with van der Waals surface area (Å²) in [4.78, 5) is 25.4. The number of para-hydroxylation sites is 1. The molecule has 0 fully saturated rings. The lowest BCUT2D eigenvalue weighted by Gasteiger charge is -2.19. The van der Waals surface area contributed by atoms with Crippen molar-refractivity contribution in [1.29, 1.82) is 0 Å². The average Bonchev–Trinajstić information content (AvgIpc) is 2.92. The molecule has 212 valence electrons. The Morgan fingerprint density at radius 1 is 0.950 bits per heavy atom. The van der Waals surface area contributed by atoms with Crippen molar-refractivity contribution in [1.82, 2.24) is 10.7 Å². The van der Waals surface area contributed by atoms with Crippen molar-refractivity contribution in [3.05, 3.63) is 88.4 Å². The first-order valence-electron chi connectivity index (χ1n) is 13.2. The van der Waals surface area contributed by atoms with Crippen LogP contribution in [0.4, 0.5) is 0 Å². The standard InChI is InChI=1S/C31H36ClN3O5/c1-5-38-29-17-23(14-15-28(29)39-19-24-11-7-8-12-25(24)32)18-33-35-31(37)26(16-21(2)3)34-30(36)20-40-27-13-9-6-10-22(27)4/h6-15,17-18,21,26H,5,16,19-20H2,1-4H3,(H,34,36)(H,35,37)/b33-18-/t26-/m0/s1. The molecule has 0 saturated heterocycles. The van der Waals surface area contributed by atoms with E-state index < -0.39 is 11.9 Å². The molecular weight excluding hydrogens is 530 g/mol. The molecule has 2 amide bonds. The molecule has 3 rings (SSSR count). The summed E-state index contributed by atoms with van der Waals surface area (Å²) in [5.74, 6) is 1.10. The maximum Gasteiger partial charge on any atom is 0.262 e. The first-order chi connectivity index (χ1) is 19.3. The molecule has 8 nitrogen and oxygen atoms in total. The van der Waals surface area contributed by atoms with Crippen molar-refractivity contribution in [2.45, 2.75) is 46.8 Å². The maximum atomic E-state index is 12.9. The van der Waals surface area contributed by atoms with Gasteiger partial charge < -0.3 is 19.5 Å². The molecule has 0 saturated carbocycles. The maximum absolute atomic E-state index is 12.9. The van der Waals surface area contributed by atoms with Gasteiger partial charge in [0.1, 0.15) is 18.4 Å². The number of rotatable bonds is 14. The molecule has 0 radical (unpaired) electrons. The second-order valence-electron chi connectivity index (χ2n) is 9.56. The molecule has 3 aromatic rings. The summed E-state index contributed by atoms with van der Waals surface area (Å²) in [6.45, 7) is 8.29. The normalized spacial score (nSPS) is 11.8. The van der Waals surface area contributed by atoms with Crippen LogP contribution in [-0.4, -0.2) is 37.3 Å². The van der Waals surface area contributed by atoms with Gasteiger partial charge in [0.15, 0.2) is 18.1 Å². The van der Waals surface area contributed by atoms with Gasteiger partial charge in [0.05, 0.1) is 12.8 Å². The molecule has 0 unspecified atom stereocenters. The van der Waals surface area contributed by atoms with Crippen molar-refractivity contribution in [3.63, 3.8) is 0 Å². The number of carbonyl (C=O) groups is 2. The number of carbonyl (C=O) groups excluding carboxylic acids is 2. The average molecular weight is 566 g/mol. The van der Waals surface area contributed by atoms with Crippen LogP contribution in [-0.2, 0) is 16.2 Å². The van der Waals surface area contributed by atoms with E-state index in [9.17, 15) is 9.59 Å².